The molecule has 0 aliphatic carbocycles. The fourth-order valence-electron chi connectivity index (χ4n) is 3.24. The number of rotatable bonds is 9. The van der Waals surface area contributed by atoms with Crippen molar-refractivity contribution in [3.8, 4) is 0 Å². The van der Waals surface area contributed by atoms with Crippen LogP contribution in [0.1, 0.15) is 38.5 Å². The molecule has 4 heteroatoms. The summed E-state index contributed by atoms with van der Waals surface area (Å²) in [7, 11) is 0. The van der Waals surface area contributed by atoms with Gasteiger partial charge in [0, 0.05) is 24.6 Å². The fraction of sp³-hybridized carbons (Fsp3) is 0.375. The van der Waals surface area contributed by atoms with Crippen molar-refractivity contribution < 1.29 is 14.3 Å². The Morgan fingerprint density at radius 1 is 1.00 bits per heavy atom. The third-order valence-corrected chi connectivity index (χ3v) is 4.72. The van der Waals surface area contributed by atoms with Gasteiger partial charge < -0.3 is 9.47 Å². The van der Waals surface area contributed by atoms with Crippen molar-refractivity contribution in [2.75, 3.05) is 18.1 Å². The lowest BCUT2D eigenvalue weighted by Crippen LogP contribution is -2.23. The minimum Gasteiger partial charge on any atom is -0.353 e. The van der Waals surface area contributed by atoms with Gasteiger partial charge in [-0.1, -0.05) is 42.5 Å². The normalized spacial score (nSPS) is 16.9. The molecule has 2 aromatic rings. The zero-order valence-electron chi connectivity index (χ0n) is 16.3. The van der Waals surface area contributed by atoms with Crippen LogP contribution in [0.25, 0.3) is 0 Å². The highest BCUT2D eigenvalue weighted by molar-refractivity contribution is 6.06. The fourth-order valence-corrected chi connectivity index (χ4v) is 3.24. The van der Waals surface area contributed by atoms with Gasteiger partial charge in [0.25, 0.3) is 5.91 Å². The summed E-state index contributed by atoms with van der Waals surface area (Å²) >= 11 is 0. The Bertz CT molecular complexity index is 685. The van der Waals surface area contributed by atoms with Crippen molar-refractivity contribution in [2.24, 2.45) is 0 Å². The molecular formula is C24H29NO3. The van der Waals surface area contributed by atoms with E-state index in [1.165, 1.54) is 6.42 Å². The van der Waals surface area contributed by atoms with Crippen LogP contribution in [-0.2, 0) is 14.3 Å². The van der Waals surface area contributed by atoms with Gasteiger partial charge >= 0.3 is 0 Å². The Hall–Kier alpha value is -2.43. The molecule has 1 fully saturated rings. The average molecular weight is 380 g/mol. The second-order valence-electron chi connectivity index (χ2n) is 6.91. The van der Waals surface area contributed by atoms with Crippen LogP contribution in [0.3, 0.4) is 0 Å². The summed E-state index contributed by atoms with van der Waals surface area (Å²) in [6.45, 7) is 1.53. The highest BCUT2D eigenvalue weighted by atomic mass is 16.7. The predicted molar refractivity (Wildman–Crippen MR) is 113 cm³/mol. The lowest BCUT2D eigenvalue weighted by Gasteiger charge is -2.22. The summed E-state index contributed by atoms with van der Waals surface area (Å²) in [5, 5.41) is 0. The number of hydrogen-bond donors (Lipinski definition) is 0. The van der Waals surface area contributed by atoms with Crippen LogP contribution in [0.4, 0.5) is 11.4 Å². The SMILES string of the molecule is O=C(/C=C\CCCCOC1CCCCO1)N(c1ccccc1)c1ccccc1. The van der Waals surface area contributed by atoms with Crippen molar-refractivity contribution in [3.63, 3.8) is 0 Å². The summed E-state index contributed by atoms with van der Waals surface area (Å²) in [6.07, 6.45) is 9.77. The number of allylic oxidation sites excluding steroid dienone is 1. The number of nitrogens with zero attached hydrogens (tertiary/aromatic N) is 1. The lowest BCUT2D eigenvalue weighted by atomic mass is 10.2. The Kier molecular flexibility index (Phi) is 8.28. The van der Waals surface area contributed by atoms with Crippen LogP contribution in [0.2, 0.25) is 0 Å². The Morgan fingerprint density at radius 2 is 1.68 bits per heavy atom. The van der Waals surface area contributed by atoms with Gasteiger partial charge in [0.05, 0.1) is 0 Å². The molecule has 1 unspecified atom stereocenters. The van der Waals surface area contributed by atoms with Crippen LogP contribution in [0.15, 0.2) is 72.8 Å². The number of anilines is 2. The molecule has 0 N–H and O–H groups in total. The van der Waals surface area contributed by atoms with Gasteiger partial charge in [0.1, 0.15) is 0 Å². The van der Waals surface area contributed by atoms with E-state index in [1.54, 1.807) is 11.0 Å². The Morgan fingerprint density at radius 3 is 2.29 bits per heavy atom. The summed E-state index contributed by atoms with van der Waals surface area (Å²) < 4.78 is 11.3. The molecule has 1 aliphatic rings. The number of amides is 1. The van der Waals surface area contributed by atoms with Gasteiger partial charge in [-0.3, -0.25) is 9.69 Å². The molecule has 0 aromatic heterocycles. The first-order chi connectivity index (χ1) is 13.8. The standard InChI is InChI=1S/C24H29NO3/c26-23(17-9-1-2-11-19-27-24-18-10-12-20-28-24)25(21-13-5-3-6-14-21)22-15-7-4-8-16-22/h3-9,13-17,24H,1-2,10-12,18-20H2/b17-9-. The maximum absolute atomic E-state index is 12.8. The number of ether oxygens (including phenoxy) is 2. The van der Waals surface area contributed by atoms with Gasteiger partial charge in [-0.25, -0.2) is 0 Å². The molecule has 1 saturated heterocycles. The molecule has 28 heavy (non-hydrogen) atoms. The molecule has 0 radical (unpaired) electrons. The number of hydrogen-bond acceptors (Lipinski definition) is 3. The maximum Gasteiger partial charge on any atom is 0.255 e. The zero-order valence-corrected chi connectivity index (χ0v) is 16.3. The first-order valence-corrected chi connectivity index (χ1v) is 10.2. The highest BCUT2D eigenvalue weighted by Crippen LogP contribution is 2.25. The largest absolute Gasteiger partial charge is 0.353 e. The van der Waals surface area contributed by atoms with Crippen molar-refractivity contribution in [1.82, 2.24) is 0 Å². The third-order valence-electron chi connectivity index (χ3n) is 4.72. The van der Waals surface area contributed by atoms with Crippen molar-refractivity contribution in [3.05, 3.63) is 72.8 Å². The number of benzene rings is 2. The van der Waals surface area contributed by atoms with Crippen LogP contribution in [0.5, 0.6) is 0 Å². The highest BCUT2D eigenvalue weighted by Gasteiger charge is 2.15. The zero-order chi connectivity index (χ0) is 19.4. The number of unbranched alkanes of at least 4 members (excludes halogenated alkanes) is 2. The maximum atomic E-state index is 12.8. The molecule has 1 heterocycles. The smallest absolute Gasteiger partial charge is 0.255 e. The van der Waals surface area contributed by atoms with Crippen LogP contribution in [-0.4, -0.2) is 25.4 Å². The summed E-state index contributed by atoms with van der Waals surface area (Å²) in [5.41, 5.74) is 1.73. The van der Waals surface area contributed by atoms with Gasteiger partial charge in [0.15, 0.2) is 6.29 Å². The van der Waals surface area contributed by atoms with Crippen LogP contribution < -0.4 is 4.90 Å². The van der Waals surface area contributed by atoms with Gasteiger partial charge in [-0.15, -0.1) is 0 Å². The first kappa shape index (κ1) is 20.3. The Balaban J connectivity index is 1.47. The second-order valence-corrected chi connectivity index (χ2v) is 6.91. The predicted octanol–water partition coefficient (Wildman–Crippen LogP) is 5.62. The van der Waals surface area contributed by atoms with E-state index in [4.69, 9.17) is 9.47 Å². The molecule has 1 amide bonds. The summed E-state index contributed by atoms with van der Waals surface area (Å²) in [6, 6.07) is 19.5. The molecule has 1 aliphatic heterocycles. The summed E-state index contributed by atoms with van der Waals surface area (Å²) in [4.78, 5) is 14.6. The Labute approximate surface area is 167 Å². The molecular weight excluding hydrogens is 350 g/mol. The van der Waals surface area contributed by atoms with E-state index in [0.717, 1.165) is 50.1 Å². The first-order valence-electron chi connectivity index (χ1n) is 10.2. The monoisotopic (exact) mass is 379 g/mol. The minimum absolute atomic E-state index is 0.0174. The second kappa shape index (κ2) is 11.4. The van der Waals surface area contributed by atoms with E-state index in [1.807, 2.05) is 66.7 Å². The van der Waals surface area contributed by atoms with E-state index in [0.29, 0.717) is 6.61 Å². The molecule has 0 saturated carbocycles. The molecule has 1 atom stereocenters. The molecule has 0 bridgehead atoms. The van der Waals surface area contributed by atoms with Gasteiger partial charge in [-0.2, -0.15) is 0 Å². The van der Waals surface area contributed by atoms with Crippen molar-refractivity contribution in [1.29, 1.82) is 0 Å². The molecule has 3 rings (SSSR count). The molecule has 4 nitrogen and oxygen atoms in total. The molecule has 2 aromatic carbocycles. The average Bonchev–Trinajstić information content (AvgIpc) is 2.75. The van der Waals surface area contributed by atoms with Crippen LogP contribution in [0, 0.1) is 0 Å². The lowest BCUT2D eigenvalue weighted by molar-refractivity contribution is -0.162. The van der Waals surface area contributed by atoms with E-state index in [2.05, 4.69) is 0 Å². The minimum atomic E-state index is -0.0377. The van der Waals surface area contributed by atoms with E-state index >= 15 is 0 Å². The molecule has 148 valence electrons. The van der Waals surface area contributed by atoms with Gasteiger partial charge in [0.2, 0.25) is 0 Å². The number of carbonyl (C=O) groups is 1. The molecule has 0 spiro atoms. The quantitative estimate of drug-likeness (QED) is 0.419. The van der Waals surface area contributed by atoms with Crippen molar-refractivity contribution in [2.45, 2.75) is 44.8 Å². The van der Waals surface area contributed by atoms with Crippen molar-refractivity contribution >= 4 is 17.3 Å². The van der Waals surface area contributed by atoms with E-state index < -0.39 is 0 Å². The number of para-hydroxylation sites is 2. The van der Waals surface area contributed by atoms with E-state index in [9.17, 15) is 4.79 Å². The van der Waals surface area contributed by atoms with Gasteiger partial charge in [-0.05, 0) is 68.9 Å². The number of carbonyl (C=O) groups excluding carboxylic acids is 1. The topological polar surface area (TPSA) is 38.8 Å². The van der Waals surface area contributed by atoms with E-state index in [-0.39, 0.29) is 12.2 Å². The third kappa shape index (κ3) is 6.32. The summed E-state index contributed by atoms with van der Waals surface area (Å²) in [5.74, 6) is -0.0377. The van der Waals surface area contributed by atoms with Crippen LogP contribution >= 0.6 is 0 Å².